The van der Waals surface area contributed by atoms with E-state index in [1.807, 2.05) is 24.3 Å². The highest BCUT2D eigenvalue weighted by Crippen LogP contribution is 2.44. The molecule has 0 radical (unpaired) electrons. The van der Waals surface area contributed by atoms with Gasteiger partial charge in [0.05, 0.1) is 0 Å². The zero-order valence-corrected chi connectivity index (χ0v) is 19.9. The zero-order valence-electron chi connectivity index (χ0n) is 19.9. The number of nitrogens with one attached hydrogen (secondary N) is 1. The molecule has 35 heavy (non-hydrogen) atoms. The second-order valence-electron chi connectivity index (χ2n) is 9.94. The summed E-state index contributed by atoms with van der Waals surface area (Å²) >= 11 is 0. The van der Waals surface area contributed by atoms with Crippen molar-refractivity contribution in [3.63, 3.8) is 0 Å². The molecule has 184 valence electrons. The van der Waals surface area contributed by atoms with Crippen molar-refractivity contribution < 1.29 is 24.2 Å². The van der Waals surface area contributed by atoms with Gasteiger partial charge in [0.15, 0.2) is 0 Å². The first-order chi connectivity index (χ1) is 17.0. The van der Waals surface area contributed by atoms with E-state index in [2.05, 4.69) is 29.6 Å². The maximum atomic E-state index is 13.7. The Balaban J connectivity index is 1.31. The summed E-state index contributed by atoms with van der Waals surface area (Å²) in [5.74, 6) is -1.32. The van der Waals surface area contributed by atoms with E-state index in [4.69, 9.17) is 4.74 Å². The van der Waals surface area contributed by atoms with Crippen LogP contribution < -0.4 is 5.32 Å². The Morgan fingerprint density at radius 1 is 0.914 bits per heavy atom. The lowest BCUT2D eigenvalue weighted by Crippen LogP contribution is -2.61. The van der Waals surface area contributed by atoms with Gasteiger partial charge in [-0.2, -0.15) is 0 Å². The van der Waals surface area contributed by atoms with Crippen molar-refractivity contribution in [3.8, 4) is 11.1 Å². The summed E-state index contributed by atoms with van der Waals surface area (Å²) in [6.45, 7) is 0.579. The molecule has 2 aliphatic carbocycles. The van der Waals surface area contributed by atoms with Crippen molar-refractivity contribution in [1.29, 1.82) is 0 Å². The number of ether oxygens (including phenoxy) is 1. The van der Waals surface area contributed by atoms with Gasteiger partial charge in [0, 0.05) is 12.5 Å². The molecule has 2 fully saturated rings. The number of nitrogens with zero attached hydrogens (tertiary/aromatic N) is 1. The van der Waals surface area contributed by atoms with Gasteiger partial charge in [-0.05, 0) is 47.9 Å². The minimum atomic E-state index is -1.10. The first-order valence-corrected chi connectivity index (χ1v) is 12.7. The largest absolute Gasteiger partial charge is 0.480 e. The number of benzene rings is 2. The van der Waals surface area contributed by atoms with Gasteiger partial charge in [-0.25, -0.2) is 9.59 Å². The lowest BCUT2D eigenvalue weighted by atomic mass is 9.94. The highest BCUT2D eigenvalue weighted by Gasteiger charge is 2.48. The highest BCUT2D eigenvalue weighted by molar-refractivity contribution is 5.93. The van der Waals surface area contributed by atoms with Crippen LogP contribution in [0.4, 0.5) is 4.79 Å². The van der Waals surface area contributed by atoms with Crippen LogP contribution in [0.25, 0.3) is 11.1 Å². The van der Waals surface area contributed by atoms with Gasteiger partial charge >= 0.3 is 12.1 Å². The molecular formula is C28H32N2O5. The topological polar surface area (TPSA) is 95.9 Å². The first-order valence-electron chi connectivity index (χ1n) is 12.7. The molecule has 1 atom stereocenters. The van der Waals surface area contributed by atoms with Gasteiger partial charge in [-0.1, -0.05) is 74.2 Å². The molecule has 0 aromatic heterocycles. The Bertz CT molecular complexity index is 1080. The molecule has 2 N–H and O–H groups in total. The summed E-state index contributed by atoms with van der Waals surface area (Å²) in [5, 5.41) is 12.6. The smallest absolute Gasteiger partial charge is 0.408 e. The number of carboxylic acid groups (broad SMARTS) is 1. The predicted octanol–water partition coefficient (Wildman–Crippen LogP) is 4.69. The number of amides is 2. The van der Waals surface area contributed by atoms with E-state index in [1.54, 1.807) is 0 Å². The standard InChI is InChI=1S/C28H32N2O5/c31-25(32)24-14-2-1-9-17-30(24)26(33)28(15-7-8-16-28)29-27(34)35-18-23-21-12-5-3-10-19(21)20-11-4-6-13-22(20)23/h3-6,10-13,23-24H,1-2,7-9,14-18H2,(H,29,34)(H,31,32). The molecule has 1 unspecified atom stereocenters. The Labute approximate surface area is 205 Å². The van der Waals surface area contributed by atoms with E-state index in [0.29, 0.717) is 25.8 Å². The van der Waals surface area contributed by atoms with E-state index in [0.717, 1.165) is 54.4 Å². The third-order valence-electron chi connectivity index (χ3n) is 7.85. The van der Waals surface area contributed by atoms with Crippen LogP contribution in [0.5, 0.6) is 0 Å². The molecule has 1 aliphatic heterocycles. The van der Waals surface area contributed by atoms with Crippen LogP contribution in [0.2, 0.25) is 0 Å². The summed E-state index contributed by atoms with van der Waals surface area (Å²) in [6.07, 6.45) is 4.90. The summed E-state index contributed by atoms with van der Waals surface area (Å²) in [5.41, 5.74) is 3.46. The first kappa shape index (κ1) is 23.4. The van der Waals surface area contributed by atoms with E-state index >= 15 is 0 Å². The number of aliphatic carboxylic acids is 1. The van der Waals surface area contributed by atoms with Crippen molar-refractivity contribution in [2.75, 3.05) is 13.2 Å². The lowest BCUT2D eigenvalue weighted by molar-refractivity contribution is -0.153. The molecule has 0 bridgehead atoms. The molecule has 1 saturated heterocycles. The molecular weight excluding hydrogens is 444 g/mol. The molecule has 2 aromatic carbocycles. The average molecular weight is 477 g/mol. The number of carboxylic acids is 1. The average Bonchev–Trinajstić information content (AvgIpc) is 3.36. The van der Waals surface area contributed by atoms with Crippen molar-refractivity contribution in [2.45, 2.75) is 68.9 Å². The molecule has 1 heterocycles. The summed E-state index contributed by atoms with van der Waals surface area (Å²) in [4.78, 5) is 40.1. The number of likely N-dealkylation sites (tertiary alicyclic amines) is 1. The van der Waals surface area contributed by atoms with Crippen LogP contribution >= 0.6 is 0 Å². The maximum Gasteiger partial charge on any atom is 0.408 e. The number of hydrogen-bond donors (Lipinski definition) is 2. The third kappa shape index (κ3) is 4.40. The quantitative estimate of drug-likeness (QED) is 0.653. The lowest BCUT2D eigenvalue weighted by Gasteiger charge is -2.37. The highest BCUT2D eigenvalue weighted by atomic mass is 16.5. The molecule has 7 nitrogen and oxygen atoms in total. The number of hydrogen-bond acceptors (Lipinski definition) is 4. The number of alkyl carbamates (subject to hydrolysis) is 1. The minimum absolute atomic E-state index is 0.0645. The maximum absolute atomic E-state index is 13.7. The van der Waals surface area contributed by atoms with Crippen molar-refractivity contribution in [2.24, 2.45) is 0 Å². The monoisotopic (exact) mass is 476 g/mol. The van der Waals surface area contributed by atoms with Crippen molar-refractivity contribution in [1.82, 2.24) is 10.2 Å². The van der Waals surface area contributed by atoms with E-state index in [-0.39, 0.29) is 18.4 Å². The fourth-order valence-electron chi connectivity index (χ4n) is 6.08. The van der Waals surface area contributed by atoms with Crippen molar-refractivity contribution in [3.05, 3.63) is 59.7 Å². The fourth-order valence-corrected chi connectivity index (χ4v) is 6.08. The number of rotatable bonds is 5. The number of carbonyl (C=O) groups is 3. The number of carbonyl (C=O) groups excluding carboxylic acids is 2. The van der Waals surface area contributed by atoms with E-state index < -0.39 is 23.6 Å². The second-order valence-corrected chi connectivity index (χ2v) is 9.94. The molecule has 2 amide bonds. The van der Waals surface area contributed by atoms with Crippen LogP contribution in [0.15, 0.2) is 48.5 Å². The molecule has 0 spiro atoms. The normalized spacial score (nSPS) is 21.0. The number of fused-ring (bicyclic) bond motifs is 3. The van der Waals surface area contributed by atoms with Gasteiger partial charge in [0.25, 0.3) is 0 Å². The van der Waals surface area contributed by atoms with Gasteiger partial charge < -0.3 is 20.1 Å². The minimum Gasteiger partial charge on any atom is -0.480 e. The molecule has 3 aliphatic rings. The van der Waals surface area contributed by atoms with Crippen LogP contribution in [-0.2, 0) is 14.3 Å². The summed E-state index contributed by atoms with van der Waals surface area (Å²) in [7, 11) is 0. The van der Waals surface area contributed by atoms with E-state index in [1.165, 1.54) is 4.90 Å². The molecule has 2 aromatic rings. The van der Waals surface area contributed by atoms with Crippen LogP contribution in [0, 0.1) is 0 Å². The van der Waals surface area contributed by atoms with Crippen LogP contribution in [0.1, 0.15) is 68.4 Å². The summed E-state index contributed by atoms with van der Waals surface area (Å²) < 4.78 is 5.73. The Kier molecular flexibility index (Phi) is 6.50. The van der Waals surface area contributed by atoms with Crippen molar-refractivity contribution >= 4 is 18.0 Å². The SMILES string of the molecule is O=C(NC1(C(=O)N2CCCCCC2C(=O)O)CCCC1)OCC1c2ccccc2-c2ccccc21. The Morgan fingerprint density at radius 2 is 1.54 bits per heavy atom. The molecule has 7 heteroatoms. The Morgan fingerprint density at radius 3 is 2.17 bits per heavy atom. The Hall–Kier alpha value is -3.35. The second kappa shape index (κ2) is 9.72. The van der Waals surface area contributed by atoms with Gasteiger partial charge in [0.1, 0.15) is 18.2 Å². The van der Waals surface area contributed by atoms with Gasteiger partial charge in [-0.3, -0.25) is 4.79 Å². The van der Waals surface area contributed by atoms with Crippen LogP contribution in [-0.4, -0.2) is 52.7 Å². The van der Waals surface area contributed by atoms with Crippen LogP contribution in [0.3, 0.4) is 0 Å². The summed E-state index contributed by atoms with van der Waals surface area (Å²) in [6, 6.07) is 15.5. The van der Waals surface area contributed by atoms with E-state index in [9.17, 15) is 19.5 Å². The van der Waals surface area contributed by atoms with Gasteiger partial charge in [-0.15, -0.1) is 0 Å². The fraction of sp³-hybridized carbons (Fsp3) is 0.464. The third-order valence-corrected chi connectivity index (χ3v) is 7.85. The predicted molar refractivity (Wildman–Crippen MR) is 131 cm³/mol. The van der Waals surface area contributed by atoms with Gasteiger partial charge in [0.2, 0.25) is 5.91 Å². The molecule has 1 saturated carbocycles. The zero-order chi connectivity index (χ0) is 24.4. The molecule has 5 rings (SSSR count).